The van der Waals surface area contributed by atoms with E-state index in [4.69, 9.17) is 10.5 Å². The van der Waals surface area contributed by atoms with E-state index in [0.717, 1.165) is 61.7 Å². The number of ether oxygens (including phenoxy) is 1. The zero-order valence-electron chi connectivity index (χ0n) is 12.4. The average Bonchev–Trinajstić information content (AvgIpc) is 2.52. The molecule has 1 aromatic heterocycles. The van der Waals surface area contributed by atoms with Crippen molar-refractivity contribution in [3.05, 3.63) is 30.0 Å². The van der Waals surface area contributed by atoms with E-state index in [1.54, 1.807) is 0 Å². The molecule has 3 rings (SSSR count). The molecular weight excluding hydrogens is 264 g/mol. The molecule has 21 heavy (non-hydrogen) atoms. The van der Waals surface area contributed by atoms with Crippen molar-refractivity contribution in [2.75, 3.05) is 50.4 Å². The molecule has 2 heterocycles. The van der Waals surface area contributed by atoms with Crippen LogP contribution in [0.15, 0.2) is 24.4 Å². The standard InChI is InChI=1S/C16H22N4O/c1-12-2-3-14(17)13-4-5-18-16(15(12)13)19-6-7-20-8-10-21-11-9-20/h2-5H,6-11,17H2,1H3,(H,18,19). The van der Waals surface area contributed by atoms with E-state index < -0.39 is 0 Å². The molecule has 3 N–H and O–H groups in total. The van der Waals surface area contributed by atoms with E-state index in [1.807, 2.05) is 24.4 Å². The summed E-state index contributed by atoms with van der Waals surface area (Å²) in [7, 11) is 0. The fraction of sp³-hybridized carbons (Fsp3) is 0.438. The maximum absolute atomic E-state index is 6.06. The Kier molecular flexibility index (Phi) is 4.22. The first kappa shape index (κ1) is 14.1. The maximum Gasteiger partial charge on any atom is 0.134 e. The van der Waals surface area contributed by atoms with Crippen molar-refractivity contribution in [2.24, 2.45) is 0 Å². The van der Waals surface area contributed by atoms with Gasteiger partial charge >= 0.3 is 0 Å². The second-order valence-electron chi connectivity index (χ2n) is 5.43. The number of nitrogens with one attached hydrogen (secondary N) is 1. The quantitative estimate of drug-likeness (QED) is 0.840. The van der Waals surface area contributed by atoms with Crippen LogP contribution in [-0.2, 0) is 4.74 Å². The summed E-state index contributed by atoms with van der Waals surface area (Å²) in [5.41, 5.74) is 8.06. The van der Waals surface area contributed by atoms with Crippen molar-refractivity contribution < 1.29 is 4.74 Å². The molecule has 1 saturated heterocycles. The van der Waals surface area contributed by atoms with Crippen molar-refractivity contribution in [3.8, 4) is 0 Å². The largest absolute Gasteiger partial charge is 0.398 e. The van der Waals surface area contributed by atoms with Crippen LogP contribution in [0.1, 0.15) is 5.56 Å². The second kappa shape index (κ2) is 6.28. The van der Waals surface area contributed by atoms with Crippen LogP contribution in [0.3, 0.4) is 0 Å². The molecule has 0 radical (unpaired) electrons. The summed E-state index contributed by atoms with van der Waals surface area (Å²) in [5, 5.41) is 5.65. The first-order chi connectivity index (χ1) is 10.3. The van der Waals surface area contributed by atoms with E-state index in [9.17, 15) is 0 Å². The Bertz CT molecular complexity index is 623. The molecule has 5 heteroatoms. The first-order valence-corrected chi connectivity index (χ1v) is 7.43. The molecule has 1 aliphatic rings. The van der Waals surface area contributed by atoms with Crippen LogP contribution in [0, 0.1) is 6.92 Å². The molecule has 0 spiro atoms. The lowest BCUT2D eigenvalue weighted by atomic mass is 10.1. The van der Waals surface area contributed by atoms with Gasteiger partial charge in [0.2, 0.25) is 0 Å². The van der Waals surface area contributed by atoms with Gasteiger partial charge in [-0.15, -0.1) is 0 Å². The van der Waals surface area contributed by atoms with Gasteiger partial charge in [-0.25, -0.2) is 4.98 Å². The Morgan fingerprint density at radius 1 is 1.29 bits per heavy atom. The lowest BCUT2D eigenvalue weighted by molar-refractivity contribution is 0.0398. The first-order valence-electron chi connectivity index (χ1n) is 7.43. The third kappa shape index (κ3) is 3.09. The summed E-state index contributed by atoms with van der Waals surface area (Å²) >= 11 is 0. The normalized spacial score (nSPS) is 16.2. The number of aromatic nitrogens is 1. The van der Waals surface area contributed by atoms with Crippen molar-refractivity contribution in [1.82, 2.24) is 9.88 Å². The number of aryl methyl sites for hydroxylation is 1. The van der Waals surface area contributed by atoms with Crippen molar-refractivity contribution in [2.45, 2.75) is 6.92 Å². The fourth-order valence-electron chi connectivity index (χ4n) is 2.78. The number of morpholine rings is 1. The summed E-state index contributed by atoms with van der Waals surface area (Å²) in [6, 6.07) is 5.98. The highest BCUT2D eigenvalue weighted by molar-refractivity contribution is 6.01. The molecule has 1 fully saturated rings. The highest BCUT2D eigenvalue weighted by atomic mass is 16.5. The third-order valence-corrected chi connectivity index (χ3v) is 3.99. The van der Waals surface area contributed by atoms with Gasteiger partial charge in [-0.1, -0.05) is 6.07 Å². The van der Waals surface area contributed by atoms with Crippen LogP contribution in [0.4, 0.5) is 11.5 Å². The number of nitrogen functional groups attached to an aromatic ring is 1. The molecule has 1 aliphatic heterocycles. The number of nitrogens with zero attached hydrogens (tertiary/aromatic N) is 2. The van der Waals surface area contributed by atoms with Crippen LogP contribution < -0.4 is 11.1 Å². The SMILES string of the molecule is Cc1ccc(N)c2ccnc(NCCN3CCOCC3)c12. The van der Waals surface area contributed by atoms with Crippen LogP contribution >= 0.6 is 0 Å². The van der Waals surface area contributed by atoms with E-state index in [0.29, 0.717) is 0 Å². The van der Waals surface area contributed by atoms with E-state index in [1.165, 1.54) is 5.56 Å². The van der Waals surface area contributed by atoms with Crippen molar-refractivity contribution in [1.29, 1.82) is 0 Å². The predicted octanol–water partition coefficient (Wildman–Crippen LogP) is 1.87. The highest BCUT2D eigenvalue weighted by Gasteiger charge is 2.11. The minimum Gasteiger partial charge on any atom is -0.398 e. The zero-order chi connectivity index (χ0) is 14.7. The van der Waals surface area contributed by atoms with E-state index in [2.05, 4.69) is 22.1 Å². The van der Waals surface area contributed by atoms with Gasteiger partial charge in [0.05, 0.1) is 13.2 Å². The number of pyridine rings is 1. The number of hydrogen-bond acceptors (Lipinski definition) is 5. The summed E-state index contributed by atoms with van der Waals surface area (Å²) in [6.07, 6.45) is 1.81. The fourth-order valence-corrected chi connectivity index (χ4v) is 2.78. The van der Waals surface area contributed by atoms with Crippen LogP contribution in [0.25, 0.3) is 10.8 Å². The summed E-state index contributed by atoms with van der Waals surface area (Å²) in [5.74, 6) is 0.922. The lowest BCUT2D eigenvalue weighted by Crippen LogP contribution is -2.39. The van der Waals surface area contributed by atoms with Gasteiger partial charge in [0, 0.05) is 48.8 Å². The minimum absolute atomic E-state index is 0.800. The topological polar surface area (TPSA) is 63.4 Å². The molecule has 0 saturated carbocycles. The molecule has 0 aliphatic carbocycles. The summed E-state index contributed by atoms with van der Waals surface area (Å²) in [4.78, 5) is 6.89. The molecular formula is C16H22N4O. The predicted molar refractivity (Wildman–Crippen MR) is 86.6 cm³/mol. The number of nitrogens with two attached hydrogens (primary N) is 1. The van der Waals surface area contributed by atoms with E-state index >= 15 is 0 Å². The molecule has 112 valence electrons. The van der Waals surface area contributed by atoms with Gasteiger partial charge in [-0.05, 0) is 24.6 Å². The Morgan fingerprint density at radius 2 is 2.10 bits per heavy atom. The maximum atomic E-state index is 6.06. The van der Waals surface area contributed by atoms with Gasteiger partial charge in [-0.3, -0.25) is 4.90 Å². The Balaban J connectivity index is 1.73. The Morgan fingerprint density at radius 3 is 2.90 bits per heavy atom. The number of fused-ring (bicyclic) bond motifs is 1. The van der Waals surface area contributed by atoms with Gasteiger partial charge in [-0.2, -0.15) is 0 Å². The van der Waals surface area contributed by atoms with Crippen molar-refractivity contribution in [3.63, 3.8) is 0 Å². The van der Waals surface area contributed by atoms with Gasteiger partial charge in [0.25, 0.3) is 0 Å². The second-order valence-corrected chi connectivity index (χ2v) is 5.43. The van der Waals surface area contributed by atoms with Crippen LogP contribution in [0.2, 0.25) is 0 Å². The summed E-state index contributed by atoms with van der Waals surface area (Å²) in [6.45, 7) is 7.66. The third-order valence-electron chi connectivity index (χ3n) is 3.99. The average molecular weight is 286 g/mol. The lowest BCUT2D eigenvalue weighted by Gasteiger charge is -2.26. The number of anilines is 2. The molecule has 0 bridgehead atoms. The van der Waals surface area contributed by atoms with Crippen LogP contribution in [0.5, 0.6) is 0 Å². The summed E-state index contributed by atoms with van der Waals surface area (Å²) < 4.78 is 5.36. The monoisotopic (exact) mass is 286 g/mol. The van der Waals surface area contributed by atoms with Crippen LogP contribution in [-0.4, -0.2) is 49.3 Å². The highest BCUT2D eigenvalue weighted by Crippen LogP contribution is 2.28. The Labute approximate surface area is 125 Å². The molecule has 5 nitrogen and oxygen atoms in total. The van der Waals surface area contributed by atoms with Gasteiger partial charge in [0.1, 0.15) is 5.82 Å². The van der Waals surface area contributed by atoms with Crippen molar-refractivity contribution >= 4 is 22.3 Å². The number of benzene rings is 1. The molecule has 0 atom stereocenters. The zero-order valence-corrected chi connectivity index (χ0v) is 12.4. The number of rotatable bonds is 4. The Hall–Kier alpha value is -1.85. The molecule has 1 aromatic carbocycles. The minimum atomic E-state index is 0.800. The van der Waals surface area contributed by atoms with E-state index in [-0.39, 0.29) is 0 Å². The molecule has 0 amide bonds. The molecule has 2 aromatic rings. The molecule has 0 unspecified atom stereocenters. The smallest absolute Gasteiger partial charge is 0.134 e. The number of hydrogen-bond donors (Lipinski definition) is 2. The van der Waals surface area contributed by atoms with Gasteiger partial charge in [0.15, 0.2) is 0 Å². The van der Waals surface area contributed by atoms with Gasteiger partial charge < -0.3 is 15.8 Å².